The Hall–Kier alpha value is -1.94. The predicted molar refractivity (Wildman–Crippen MR) is 345 cm³/mol. The molecule has 0 bridgehead atoms. The Morgan fingerprint density at radius 2 is 0.558 bits per heavy atom. The van der Waals surface area contributed by atoms with Crippen LogP contribution in [0.3, 0.4) is 0 Å². The third-order valence-electron chi connectivity index (χ3n) is 15.9. The second kappa shape index (κ2) is 60.6. The van der Waals surface area contributed by atoms with Crippen LogP contribution < -0.4 is 0 Å². The van der Waals surface area contributed by atoms with E-state index in [4.69, 9.17) is 37.0 Å². The van der Waals surface area contributed by atoms with E-state index in [9.17, 15) is 43.2 Å². The molecule has 0 rings (SSSR count). The number of esters is 4. The highest BCUT2D eigenvalue weighted by molar-refractivity contribution is 7.47. The smallest absolute Gasteiger partial charge is 0.462 e. The maximum Gasteiger partial charge on any atom is 0.472 e. The van der Waals surface area contributed by atoms with Gasteiger partial charge in [0, 0.05) is 25.7 Å². The van der Waals surface area contributed by atoms with E-state index in [1.807, 2.05) is 0 Å². The van der Waals surface area contributed by atoms with Crippen molar-refractivity contribution in [2.75, 3.05) is 39.6 Å². The topological polar surface area (TPSA) is 237 Å². The number of unbranched alkanes of at least 4 members (excludes halogenated alkanes) is 38. The van der Waals surface area contributed by atoms with Crippen LogP contribution in [0.25, 0.3) is 0 Å². The van der Waals surface area contributed by atoms with Gasteiger partial charge in [0.15, 0.2) is 12.2 Å². The van der Waals surface area contributed by atoms with Crippen molar-refractivity contribution in [3.63, 3.8) is 0 Å². The number of phosphoric acid groups is 2. The first-order chi connectivity index (χ1) is 41.6. The van der Waals surface area contributed by atoms with Crippen LogP contribution in [0.15, 0.2) is 0 Å². The molecule has 0 saturated heterocycles. The summed E-state index contributed by atoms with van der Waals surface area (Å²) in [5, 5.41) is 10.5. The molecule has 0 heterocycles. The summed E-state index contributed by atoms with van der Waals surface area (Å²) in [7, 11) is -9.89. The molecule has 0 saturated carbocycles. The van der Waals surface area contributed by atoms with Gasteiger partial charge in [-0.2, -0.15) is 0 Å². The largest absolute Gasteiger partial charge is 0.472 e. The summed E-state index contributed by atoms with van der Waals surface area (Å²) < 4.78 is 68.1. The van der Waals surface area contributed by atoms with E-state index in [1.165, 1.54) is 154 Å². The predicted octanol–water partition coefficient (Wildman–Crippen LogP) is 19.0. The SMILES string of the molecule is CCCCCCCCCCCCCCCCC(=O)OC[C@H](COP(=O)(O)OC[C@@H](O)COP(=O)(O)OC[C@@H](COC(=O)CCCCCCCCC)OC(=O)CCCCCCCCCCCCC)OC(=O)CCCCCCCCCCCCC(C)CC. The second-order valence-electron chi connectivity index (χ2n) is 24.5. The first kappa shape index (κ1) is 84.1. The van der Waals surface area contributed by atoms with E-state index >= 15 is 0 Å². The van der Waals surface area contributed by atoms with Crippen LogP contribution in [-0.2, 0) is 65.4 Å². The molecule has 0 spiro atoms. The van der Waals surface area contributed by atoms with Gasteiger partial charge in [-0.3, -0.25) is 37.3 Å². The molecule has 6 atom stereocenters. The number of carbonyl (C=O) groups excluding carboxylic acids is 4. The van der Waals surface area contributed by atoms with E-state index < -0.39 is 97.5 Å². The number of rotatable bonds is 67. The fraction of sp³-hybridized carbons (Fsp3) is 0.940. The van der Waals surface area contributed by atoms with E-state index in [0.717, 1.165) is 109 Å². The summed E-state index contributed by atoms with van der Waals surface area (Å²) in [5.74, 6) is -1.33. The number of carbonyl (C=O) groups is 4. The van der Waals surface area contributed by atoms with Crippen LogP contribution in [0, 0.1) is 5.92 Å². The Morgan fingerprint density at radius 3 is 0.826 bits per heavy atom. The van der Waals surface area contributed by atoms with E-state index in [-0.39, 0.29) is 25.7 Å². The van der Waals surface area contributed by atoms with Gasteiger partial charge in [-0.05, 0) is 31.6 Å². The minimum Gasteiger partial charge on any atom is -0.462 e. The summed E-state index contributed by atoms with van der Waals surface area (Å²) in [6, 6.07) is 0. The molecule has 3 unspecified atom stereocenters. The lowest BCUT2D eigenvalue weighted by molar-refractivity contribution is -0.161. The molecule has 86 heavy (non-hydrogen) atoms. The fourth-order valence-electron chi connectivity index (χ4n) is 10.1. The molecular formula is C67H130O17P2. The Morgan fingerprint density at radius 1 is 0.326 bits per heavy atom. The van der Waals surface area contributed by atoms with Crippen LogP contribution in [0.5, 0.6) is 0 Å². The molecule has 0 aliphatic rings. The summed E-state index contributed by atoms with van der Waals surface area (Å²) in [5.41, 5.74) is 0. The molecule has 0 aromatic heterocycles. The molecule has 0 amide bonds. The van der Waals surface area contributed by atoms with Gasteiger partial charge < -0.3 is 33.8 Å². The lowest BCUT2D eigenvalue weighted by Gasteiger charge is -2.21. The van der Waals surface area contributed by atoms with Gasteiger partial charge in [-0.25, -0.2) is 9.13 Å². The average Bonchev–Trinajstić information content (AvgIpc) is 3.61. The van der Waals surface area contributed by atoms with Crippen LogP contribution in [0.2, 0.25) is 0 Å². The molecule has 3 N–H and O–H groups in total. The van der Waals surface area contributed by atoms with Gasteiger partial charge in [0.05, 0.1) is 26.4 Å². The Bertz CT molecular complexity index is 1670. The van der Waals surface area contributed by atoms with E-state index in [0.29, 0.717) is 25.7 Å². The van der Waals surface area contributed by atoms with Crippen molar-refractivity contribution in [1.82, 2.24) is 0 Å². The Balaban J connectivity index is 5.22. The van der Waals surface area contributed by atoms with Gasteiger partial charge in [-0.15, -0.1) is 0 Å². The minimum atomic E-state index is -4.95. The van der Waals surface area contributed by atoms with Crippen LogP contribution in [0.1, 0.15) is 343 Å². The zero-order chi connectivity index (χ0) is 63.5. The number of hydrogen-bond donors (Lipinski definition) is 3. The monoisotopic (exact) mass is 1270 g/mol. The van der Waals surface area contributed by atoms with Crippen molar-refractivity contribution >= 4 is 39.5 Å². The normalized spacial score (nSPS) is 14.5. The lowest BCUT2D eigenvalue weighted by atomic mass is 9.99. The highest BCUT2D eigenvalue weighted by Gasteiger charge is 2.30. The Kier molecular flexibility index (Phi) is 59.2. The molecule has 0 aliphatic carbocycles. The number of aliphatic hydroxyl groups excluding tert-OH is 1. The van der Waals surface area contributed by atoms with Crippen LogP contribution in [0.4, 0.5) is 0 Å². The van der Waals surface area contributed by atoms with Crippen LogP contribution >= 0.6 is 15.6 Å². The molecule has 0 aromatic carbocycles. The number of phosphoric ester groups is 2. The molecule has 510 valence electrons. The Labute approximate surface area is 524 Å². The van der Waals surface area contributed by atoms with E-state index in [1.54, 1.807) is 0 Å². The van der Waals surface area contributed by atoms with Crippen LogP contribution in [-0.4, -0.2) is 96.7 Å². The number of aliphatic hydroxyl groups is 1. The second-order valence-corrected chi connectivity index (χ2v) is 27.4. The third-order valence-corrected chi connectivity index (χ3v) is 17.8. The molecule has 0 fully saturated rings. The molecule has 17 nitrogen and oxygen atoms in total. The van der Waals surface area contributed by atoms with Gasteiger partial charge in [0.2, 0.25) is 0 Å². The molecular weight excluding hydrogens is 1140 g/mol. The lowest BCUT2D eigenvalue weighted by Crippen LogP contribution is -2.30. The van der Waals surface area contributed by atoms with Crippen molar-refractivity contribution in [2.45, 2.75) is 361 Å². The minimum absolute atomic E-state index is 0.107. The van der Waals surface area contributed by atoms with Crippen molar-refractivity contribution in [3.05, 3.63) is 0 Å². The quantitative estimate of drug-likeness (QED) is 0.0222. The highest BCUT2D eigenvalue weighted by Crippen LogP contribution is 2.45. The van der Waals surface area contributed by atoms with Crippen molar-refractivity contribution in [1.29, 1.82) is 0 Å². The fourth-order valence-corrected chi connectivity index (χ4v) is 11.7. The zero-order valence-corrected chi connectivity index (χ0v) is 57.2. The molecule has 0 aliphatic heterocycles. The van der Waals surface area contributed by atoms with Gasteiger partial charge in [-0.1, -0.05) is 291 Å². The van der Waals surface area contributed by atoms with Gasteiger partial charge in [0.1, 0.15) is 19.3 Å². The molecule has 0 aromatic rings. The maximum atomic E-state index is 13.0. The summed E-state index contributed by atoms with van der Waals surface area (Å²) in [4.78, 5) is 72.3. The summed E-state index contributed by atoms with van der Waals surface area (Å²) in [6.07, 6.45) is 45.7. The highest BCUT2D eigenvalue weighted by atomic mass is 31.2. The zero-order valence-electron chi connectivity index (χ0n) is 55.4. The maximum absolute atomic E-state index is 13.0. The summed E-state index contributed by atoms with van der Waals surface area (Å²) in [6.45, 7) is 7.21. The van der Waals surface area contributed by atoms with Gasteiger partial charge in [0.25, 0.3) is 0 Å². The standard InChI is InChI=1S/C67H130O17P2/c1-6-10-13-16-19-21-23-24-25-27-31-36-41-46-51-65(70)78-57-63(84-67(72)53-48-43-38-33-29-28-30-35-39-44-49-60(5)9-4)59-82-86(75,76)80-55-61(68)54-79-85(73,74)81-58-62(56-77-64(69)50-45-40-34-18-15-12-8-3)83-66(71)52-47-42-37-32-26-22-20-17-14-11-7-2/h60-63,68H,6-59H2,1-5H3,(H,73,74)(H,75,76)/t60?,61-,62+,63+/m0/s1. The van der Waals surface area contributed by atoms with Crippen molar-refractivity contribution in [3.8, 4) is 0 Å². The first-order valence-corrected chi connectivity index (χ1v) is 38.2. The molecule has 0 radical (unpaired) electrons. The van der Waals surface area contributed by atoms with E-state index in [2.05, 4.69) is 34.6 Å². The van der Waals surface area contributed by atoms with Crippen molar-refractivity contribution < 1.29 is 80.2 Å². The average molecular weight is 1270 g/mol. The molecule has 19 heteroatoms. The number of ether oxygens (including phenoxy) is 4. The summed E-state index contributed by atoms with van der Waals surface area (Å²) >= 11 is 0. The number of hydrogen-bond acceptors (Lipinski definition) is 15. The van der Waals surface area contributed by atoms with Crippen molar-refractivity contribution in [2.24, 2.45) is 5.92 Å². The first-order valence-electron chi connectivity index (χ1n) is 35.2. The third kappa shape index (κ3) is 59.7. The van der Waals surface area contributed by atoms with Gasteiger partial charge >= 0.3 is 39.5 Å².